The quantitative estimate of drug-likeness (QED) is 0.205. The number of nitrogens with one attached hydrogen (secondary N) is 3. The first-order valence-electron chi connectivity index (χ1n) is 6.92. The third kappa shape index (κ3) is 9.55. The fourth-order valence-electron chi connectivity index (χ4n) is 1.26. The standard InChI is InChI=1S/C13H24N4O4/c1-4-9(2)15-11(19)8-10(3)16-17-13(21)12(20)14-6-5-7-18/h9,18H,4-8H2,1-3H3,(H,14,20)(H,15,19)(H,17,21)/b16-10+. The van der Waals surface area contributed by atoms with Gasteiger partial charge in [-0.1, -0.05) is 6.92 Å². The summed E-state index contributed by atoms with van der Waals surface area (Å²) in [5.74, 6) is -1.93. The van der Waals surface area contributed by atoms with E-state index in [1.54, 1.807) is 6.92 Å². The Morgan fingerprint density at radius 1 is 1.24 bits per heavy atom. The van der Waals surface area contributed by atoms with Crippen molar-refractivity contribution in [2.24, 2.45) is 5.10 Å². The maximum Gasteiger partial charge on any atom is 0.329 e. The Balaban J connectivity index is 4.12. The third-order valence-electron chi connectivity index (χ3n) is 2.61. The molecule has 1 unspecified atom stereocenters. The van der Waals surface area contributed by atoms with E-state index in [9.17, 15) is 14.4 Å². The molecule has 0 bridgehead atoms. The van der Waals surface area contributed by atoms with Crippen LogP contribution in [0.25, 0.3) is 0 Å². The number of carbonyl (C=O) groups excluding carboxylic acids is 3. The molecule has 0 aliphatic heterocycles. The second kappa shape index (κ2) is 10.8. The van der Waals surface area contributed by atoms with Crippen LogP contribution < -0.4 is 16.1 Å². The molecule has 0 spiro atoms. The number of aliphatic hydroxyl groups excluding tert-OH is 1. The van der Waals surface area contributed by atoms with E-state index in [1.807, 2.05) is 13.8 Å². The number of aliphatic hydroxyl groups is 1. The van der Waals surface area contributed by atoms with Crippen LogP contribution in [0.1, 0.15) is 40.0 Å². The topological polar surface area (TPSA) is 120 Å². The molecule has 0 saturated carbocycles. The van der Waals surface area contributed by atoms with Gasteiger partial charge < -0.3 is 15.7 Å². The number of hydrazone groups is 1. The van der Waals surface area contributed by atoms with Gasteiger partial charge in [-0.05, 0) is 26.7 Å². The van der Waals surface area contributed by atoms with E-state index >= 15 is 0 Å². The molecular weight excluding hydrogens is 276 g/mol. The summed E-state index contributed by atoms with van der Waals surface area (Å²) in [5.41, 5.74) is 2.47. The van der Waals surface area contributed by atoms with Gasteiger partial charge in [0.25, 0.3) is 0 Å². The van der Waals surface area contributed by atoms with Gasteiger partial charge in [-0.2, -0.15) is 5.10 Å². The monoisotopic (exact) mass is 300 g/mol. The second-order valence-electron chi connectivity index (χ2n) is 4.67. The maximum atomic E-state index is 11.6. The van der Waals surface area contributed by atoms with Gasteiger partial charge in [0, 0.05) is 24.9 Å². The average Bonchev–Trinajstić information content (AvgIpc) is 2.44. The van der Waals surface area contributed by atoms with Gasteiger partial charge >= 0.3 is 11.8 Å². The summed E-state index contributed by atoms with van der Waals surface area (Å²) in [7, 11) is 0. The number of carbonyl (C=O) groups is 3. The van der Waals surface area contributed by atoms with Gasteiger partial charge in [-0.3, -0.25) is 14.4 Å². The summed E-state index contributed by atoms with van der Waals surface area (Å²) in [6.45, 7) is 5.58. The molecule has 8 heteroatoms. The predicted molar refractivity (Wildman–Crippen MR) is 78.5 cm³/mol. The fraction of sp³-hybridized carbons (Fsp3) is 0.692. The molecule has 8 nitrogen and oxygen atoms in total. The zero-order chi connectivity index (χ0) is 16.3. The third-order valence-corrected chi connectivity index (χ3v) is 2.61. The number of hydrogen-bond acceptors (Lipinski definition) is 5. The van der Waals surface area contributed by atoms with Crippen molar-refractivity contribution >= 4 is 23.4 Å². The summed E-state index contributed by atoms with van der Waals surface area (Å²) in [6.07, 6.45) is 1.25. The van der Waals surface area contributed by atoms with Crippen molar-refractivity contribution in [3.63, 3.8) is 0 Å². The smallest absolute Gasteiger partial charge is 0.329 e. The van der Waals surface area contributed by atoms with Gasteiger partial charge in [-0.15, -0.1) is 0 Å². The molecule has 1 atom stereocenters. The predicted octanol–water partition coefficient (Wildman–Crippen LogP) is -0.718. The van der Waals surface area contributed by atoms with E-state index in [1.165, 1.54) is 0 Å². The minimum absolute atomic E-state index is 0.0523. The molecule has 0 radical (unpaired) electrons. The Kier molecular flexibility index (Phi) is 9.78. The largest absolute Gasteiger partial charge is 0.396 e. The van der Waals surface area contributed by atoms with Gasteiger partial charge in [0.05, 0.1) is 6.42 Å². The number of amides is 3. The number of hydrogen-bond donors (Lipinski definition) is 4. The van der Waals surface area contributed by atoms with E-state index in [4.69, 9.17) is 5.11 Å². The van der Waals surface area contributed by atoms with Gasteiger partial charge in [0.1, 0.15) is 0 Å². The van der Waals surface area contributed by atoms with Gasteiger partial charge in [-0.25, -0.2) is 5.43 Å². The molecule has 3 amide bonds. The molecule has 120 valence electrons. The zero-order valence-electron chi connectivity index (χ0n) is 12.7. The molecular formula is C13H24N4O4. The SMILES string of the molecule is CCC(C)NC(=O)C/C(C)=N/NC(=O)C(=O)NCCCO. The Bertz CT molecular complexity index is 396. The van der Waals surface area contributed by atoms with Crippen LogP contribution in [0.3, 0.4) is 0 Å². The summed E-state index contributed by atoms with van der Waals surface area (Å²) in [6, 6.07) is 0.0807. The van der Waals surface area contributed by atoms with Crippen molar-refractivity contribution in [1.29, 1.82) is 0 Å². The molecule has 0 aromatic rings. The van der Waals surface area contributed by atoms with Crippen LogP contribution >= 0.6 is 0 Å². The van der Waals surface area contributed by atoms with Crippen molar-refractivity contribution in [2.45, 2.75) is 46.1 Å². The van der Waals surface area contributed by atoms with Crippen LogP contribution in [-0.4, -0.2) is 47.7 Å². The molecule has 0 fully saturated rings. The normalized spacial score (nSPS) is 12.5. The minimum Gasteiger partial charge on any atom is -0.396 e. The van der Waals surface area contributed by atoms with Crippen LogP contribution in [0.2, 0.25) is 0 Å². The highest BCUT2D eigenvalue weighted by Crippen LogP contribution is 1.91. The van der Waals surface area contributed by atoms with Gasteiger partial charge in [0.15, 0.2) is 0 Å². The molecule has 0 rings (SSSR count). The first-order chi connectivity index (χ1) is 9.90. The molecule has 0 aliphatic rings. The van der Waals surface area contributed by atoms with Gasteiger partial charge in [0.2, 0.25) is 5.91 Å². The highest BCUT2D eigenvalue weighted by Gasteiger charge is 2.12. The minimum atomic E-state index is -0.908. The lowest BCUT2D eigenvalue weighted by Gasteiger charge is -2.10. The van der Waals surface area contributed by atoms with Crippen LogP contribution in [0.4, 0.5) is 0 Å². The molecule has 0 aromatic heterocycles. The van der Waals surface area contributed by atoms with Crippen LogP contribution in [0.15, 0.2) is 5.10 Å². The van der Waals surface area contributed by atoms with Crippen molar-refractivity contribution in [1.82, 2.24) is 16.1 Å². The van der Waals surface area contributed by atoms with Crippen molar-refractivity contribution in [3.8, 4) is 0 Å². The molecule has 0 aliphatic carbocycles. The Morgan fingerprint density at radius 3 is 2.48 bits per heavy atom. The summed E-state index contributed by atoms with van der Waals surface area (Å²) in [5, 5.41) is 17.3. The van der Waals surface area contributed by atoms with E-state index in [-0.39, 0.29) is 31.5 Å². The number of rotatable bonds is 8. The van der Waals surface area contributed by atoms with Crippen molar-refractivity contribution in [2.75, 3.05) is 13.2 Å². The second-order valence-corrected chi connectivity index (χ2v) is 4.67. The molecule has 0 aromatic carbocycles. The lowest BCUT2D eigenvalue weighted by atomic mass is 10.2. The highest BCUT2D eigenvalue weighted by molar-refractivity contribution is 6.35. The summed E-state index contributed by atoms with van der Waals surface area (Å²) < 4.78 is 0. The fourth-order valence-corrected chi connectivity index (χ4v) is 1.26. The van der Waals surface area contributed by atoms with Crippen LogP contribution in [-0.2, 0) is 14.4 Å². The van der Waals surface area contributed by atoms with Crippen molar-refractivity contribution in [3.05, 3.63) is 0 Å². The summed E-state index contributed by atoms with van der Waals surface area (Å²) >= 11 is 0. The van der Waals surface area contributed by atoms with Crippen LogP contribution in [0, 0.1) is 0 Å². The molecule has 21 heavy (non-hydrogen) atoms. The lowest BCUT2D eigenvalue weighted by Crippen LogP contribution is -2.39. The Labute approximate surface area is 124 Å². The molecule has 4 N–H and O–H groups in total. The first-order valence-corrected chi connectivity index (χ1v) is 6.92. The van der Waals surface area contributed by atoms with Crippen LogP contribution in [0.5, 0.6) is 0 Å². The lowest BCUT2D eigenvalue weighted by molar-refractivity contribution is -0.139. The first kappa shape index (κ1) is 19.0. The Morgan fingerprint density at radius 2 is 1.90 bits per heavy atom. The molecule has 0 saturated heterocycles. The Hall–Kier alpha value is -1.96. The van der Waals surface area contributed by atoms with E-state index in [0.29, 0.717) is 12.1 Å². The average molecular weight is 300 g/mol. The van der Waals surface area contributed by atoms with Crippen molar-refractivity contribution < 1.29 is 19.5 Å². The van der Waals surface area contributed by atoms with E-state index in [0.717, 1.165) is 6.42 Å². The highest BCUT2D eigenvalue weighted by atomic mass is 16.3. The summed E-state index contributed by atoms with van der Waals surface area (Å²) in [4.78, 5) is 34.2. The number of nitrogens with zero attached hydrogens (tertiary/aromatic N) is 1. The van der Waals surface area contributed by atoms with E-state index < -0.39 is 11.8 Å². The zero-order valence-corrected chi connectivity index (χ0v) is 12.7. The molecule has 0 heterocycles. The maximum absolute atomic E-state index is 11.6. The van der Waals surface area contributed by atoms with E-state index in [2.05, 4.69) is 21.2 Å².